The standard InChI is InChI=1S/C39H47N9O5.C2HF3O2/c1-24-21-30(37(50)41-32-17-19-48(2)20-18-32)13-16-33(24)27-7-3-25(4-8-27)22-34(43-36(49)29-9-5-26(6-10-29)23-40-39(52)53)38(51)42-31-14-11-28(12-15-31)35-44-46-47-45-35;3-2(4,5)1(6)7/h3-4,7-8,11-16,21,26,29,32,34,40H,5-6,9-10,17-20,22-23H2,1-2H3,(H,41,50)(H,42,51)(H,43,49)(H,52,53)(H,44,45,46,47);(H,6,7)/t26?,29?,34-;/m0./s1. The summed E-state index contributed by atoms with van der Waals surface area (Å²) in [6.45, 7) is 4.32. The molecule has 19 heteroatoms. The van der Waals surface area contributed by atoms with Crippen molar-refractivity contribution in [3.8, 4) is 22.5 Å². The number of nitrogens with zero attached hydrogens (tertiary/aromatic N) is 4. The lowest BCUT2D eigenvalue weighted by molar-refractivity contribution is -0.192. The predicted molar refractivity (Wildman–Crippen MR) is 214 cm³/mol. The fraction of sp³-hybridized carbons (Fsp3) is 0.415. The second kappa shape index (κ2) is 20.5. The van der Waals surface area contributed by atoms with Crippen molar-refractivity contribution in [3.63, 3.8) is 0 Å². The molecule has 60 heavy (non-hydrogen) atoms. The number of aliphatic carboxylic acids is 1. The van der Waals surface area contributed by atoms with Gasteiger partial charge in [0.25, 0.3) is 5.91 Å². The van der Waals surface area contributed by atoms with Gasteiger partial charge in [-0.1, -0.05) is 30.3 Å². The Balaban J connectivity index is 0.000000896. The number of anilines is 1. The first-order valence-electron chi connectivity index (χ1n) is 19.5. The summed E-state index contributed by atoms with van der Waals surface area (Å²) < 4.78 is 31.7. The van der Waals surface area contributed by atoms with E-state index in [1.165, 1.54) is 0 Å². The maximum Gasteiger partial charge on any atom is 0.490 e. The molecular weight excluding hydrogens is 788 g/mol. The molecule has 0 bridgehead atoms. The number of carbonyl (C=O) groups is 5. The van der Waals surface area contributed by atoms with Gasteiger partial charge < -0.3 is 36.4 Å². The molecule has 3 aromatic carbocycles. The number of hydrogen-bond acceptors (Lipinski definition) is 9. The first-order valence-corrected chi connectivity index (χ1v) is 19.5. The van der Waals surface area contributed by atoms with E-state index in [4.69, 9.17) is 15.0 Å². The van der Waals surface area contributed by atoms with Crippen LogP contribution in [0.25, 0.3) is 22.5 Å². The molecular formula is C41H48F3N9O7. The predicted octanol–water partition coefficient (Wildman–Crippen LogP) is 5.04. The fourth-order valence-electron chi connectivity index (χ4n) is 7.18. The average molecular weight is 836 g/mol. The molecule has 1 aromatic heterocycles. The van der Waals surface area contributed by atoms with E-state index in [9.17, 15) is 32.3 Å². The van der Waals surface area contributed by atoms with Crippen molar-refractivity contribution in [2.75, 3.05) is 32.0 Å². The summed E-state index contributed by atoms with van der Waals surface area (Å²) in [4.78, 5) is 62.4. The minimum Gasteiger partial charge on any atom is -0.475 e. The molecule has 16 nitrogen and oxygen atoms in total. The Bertz CT molecular complexity index is 2080. The van der Waals surface area contributed by atoms with Gasteiger partial charge in [0.2, 0.25) is 17.6 Å². The highest BCUT2D eigenvalue weighted by molar-refractivity contribution is 5.98. The van der Waals surface area contributed by atoms with Gasteiger partial charge in [0, 0.05) is 41.7 Å². The van der Waals surface area contributed by atoms with E-state index in [1.54, 1.807) is 24.3 Å². The second-order valence-electron chi connectivity index (χ2n) is 15.1. The van der Waals surface area contributed by atoms with Crippen molar-refractivity contribution in [1.29, 1.82) is 0 Å². The number of aromatic amines is 1. The molecule has 2 heterocycles. The summed E-state index contributed by atoms with van der Waals surface area (Å²) in [6.07, 6.45) is -1.27. The lowest BCUT2D eigenvalue weighted by Crippen LogP contribution is -2.48. The molecule has 0 spiro atoms. The largest absolute Gasteiger partial charge is 0.490 e. The fourth-order valence-corrected chi connectivity index (χ4v) is 7.18. The Hall–Kier alpha value is -6.37. The molecule has 4 amide bonds. The molecule has 1 aliphatic carbocycles. The van der Waals surface area contributed by atoms with Crippen LogP contribution in [0.5, 0.6) is 0 Å². The number of carboxylic acids is 1. The summed E-state index contributed by atoms with van der Waals surface area (Å²) in [6, 6.07) is 20.1. The molecule has 1 saturated carbocycles. The van der Waals surface area contributed by atoms with Crippen LogP contribution in [0.3, 0.4) is 0 Å². The van der Waals surface area contributed by atoms with E-state index in [0.29, 0.717) is 36.5 Å². The van der Waals surface area contributed by atoms with E-state index in [0.717, 1.165) is 66.6 Å². The average Bonchev–Trinajstić information content (AvgIpc) is 3.77. The number of hydrogen-bond donors (Lipinski definition) is 7. The van der Waals surface area contributed by atoms with Gasteiger partial charge in [-0.2, -0.15) is 18.4 Å². The molecule has 2 aliphatic rings. The molecule has 4 aromatic rings. The zero-order valence-corrected chi connectivity index (χ0v) is 33.1. The second-order valence-corrected chi connectivity index (χ2v) is 15.1. The van der Waals surface area contributed by atoms with Crippen LogP contribution in [0.2, 0.25) is 0 Å². The highest BCUT2D eigenvalue weighted by Crippen LogP contribution is 2.29. The van der Waals surface area contributed by atoms with Crippen LogP contribution in [0.15, 0.2) is 66.7 Å². The topological polar surface area (TPSA) is 232 Å². The van der Waals surface area contributed by atoms with E-state index >= 15 is 0 Å². The van der Waals surface area contributed by atoms with Crippen LogP contribution < -0.4 is 21.3 Å². The number of carboxylic acid groups (broad SMARTS) is 2. The maximum absolute atomic E-state index is 13.7. The van der Waals surface area contributed by atoms with Gasteiger partial charge in [-0.3, -0.25) is 14.4 Å². The van der Waals surface area contributed by atoms with Gasteiger partial charge in [0.15, 0.2) is 0 Å². The number of alkyl halides is 3. The number of piperidine rings is 1. The van der Waals surface area contributed by atoms with Gasteiger partial charge >= 0.3 is 18.2 Å². The summed E-state index contributed by atoms with van der Waals surface area (Å²) >= 11 is 0. The van der Waals surface area contributed by atoms with Gasteiger partial charge in [0.05, 0.1) is 0 Å². The number of aryl methyl sites for hydroxylation is 1. The normalized spacial score (nSPS) is 17.6. The molecule has 0 unspecified atom stereocenters. The first-order chi connectivity index (χ1) is 28.5. The highest BCUT2D eigenvalue weighted by Gasteiger charge is 2.38. The molecule has 320 valence electrons. The molecule has 7 N–H and O–H groups in total. The monoisotopic (exact) mass is 835 g/mol. The number of halogens is 3. The van der Waals surface area contributed by atoms with Crippen LogP contribution in [-0.2, 0) is 20.8 Å². The number of benzene rings is 3. The summed E-state index contributed by atoms with van der Waals surface area (Å²) in [5.41, 5.74) is 5.77. The number of likely N-dealkylation sites (tertiary alicyclic amines) is 1. The van der Waals surface area contributed by atoms with E-state index in [2.05, 4.69) is 53.8 Å². The van der Waals surface area contributed by atoms with Crippen LogP contribution in [-0.4, -0.2) is 110 Å². The Morgan fingerprint density at radius 2 is 1.52 bits per heavy atom. The number of aromatic nitrogens is 4. The Morgan fingerprint density at radius 3 is 2.08 bits per heavy atom. The first kappa shape index (κ1) is 44.7. The lowest BCUT2D eigenvalue weighted by atomic mass is 9.81. The third-order valence-electron chi connectivity index (χ3n) is 10.6. The quantitative estimate of drug-likeness (QED) is 0.1000. The van der Waals surface area contributed by atoms with Crippen LogP contribution >= 0.6 is 0 Å². The zero-order valence-electron chi connectivity index (χ0n) is 33.1. The number of nitrogens with one attached hydrogen (secondary N) is 5. The Kier molecular flexibility index (Phi) is 15.3. The Morgan fingerprint density at radius 1 is 0.883 bits per heavy atom. The van der Waals surface area contributed by atoms with Gasteiger partial charge in [0.1, 0.15) is 6.04 Å². The molecule has 1 atom stereocenters. The lowest BCUT2D eigenvalue weighted by Gasteiger charge is -2.29. The summed E-state index contributed by atoms with van der Waals surface area (Å²) in [7, 11) is 2.10. The van der Waals surface area contributed by atoms with Crippen molar-refractivity contribution in [1.82, 2.24) is 41.5 Å². The molecule has 1 aliphatic heterocycles. The van der Waals surface area contributed by atoms with E-state index in [-0.39, 0.29) is 42.0 Å². The van der Waals surface area contributed by atoms with Gasteiger partial charge in [-0.15, -0.1) is 10.2 Å². The summed E-state index contributed by atoms with van der Waals surface area (Å²) in [5, 5.41) is 41.7. The van der Waals surface area contributed by atoms with Crippen molar-refractivity contribution < 1.29 is 47.4 Å². The number of carbonyl (C=O) groups excluding carboxylic acids is 3. The third kappa shape index (κ3) is 13.1. The number of tetrazole rings is 1. The number of rotatable bonds is 12. The minimum absolute atomic E-state index is 0.0536. The van der Waals surface area contributed by atoms with Crippen LogP contribution in [0, 0.1) is 18.8 Å². The minimum atomic E-state index is -5.08. The van der Waals surface area contributed by atoms with Gasteiger partial charge in [-0.05, 0) is 135 Å². The SMILES string of the molecule is Cc1cc(C(=O)NC2CCN(C)CC2)ccc1-c1ccc(C[C@H](NC(=O)C2CCC(CNC(=O)O)CC2)C(=O)Nc2ccc(-c3nn[nH]n3)cc2)cc1.O=C(O)C(F)(F)F. The third-order valence-corrected chi connectivity index (χ3v) is 10.6. The van der Waals surface area contributed by atoms with E-state index < -0.39 is 24.3 Å². The van der Waals surface area contributed by atoms with Crippen LogP contribution in [0.1, 0.15) is 60.0 Å². The molecule has 1 saturated heterocycles. The number of H-pyrrole nitrogens is 1. The van der Waals surface area contributed by atoms with Crippen molar-refractivity contribution >= 4 is 35.5 Å². The molecule has 0 radical (unpaired) electrons. The highest BCUT2D eigenvalue weighted by atomic mass is 19.4. The van der Waals surface area contributed by atoms with E-state index in [1.807, 2.05) is 49.4 Å². The van der Waals surface area contributed by atoms with Gasteiger partial charge in [-0.25, -0.2) is 9.59 Å². The van der Waals surface area contributed by atoms with Crippen molar-refractivity contribution in [2.24, 2.45) is 11.8 Å². The molecule has 6 rings (SSSR count). The van der Waals surface area contributed by atoms with Crippen molar-refractivity contribution in [2.45, 2.75) is 70.1 Å². The molecule has 2 fully saturated rings. The Labute approximate surface area is 343 Å². The number of amides is 4. The maximum atomic E-state index is 13.7. The zero-order chi connectivity index (χ0) is 43.4. The smallest absolute Gasteiger partial charge is 0.475 e. The van der Waals surface area contributed by atoms with Crippen LogP contribution in [0.4, 0.5) is 23.7 Å². The van der Waals surface area contributed by atoms with Crippen molar-refractivity contribution in [3.05, 3.63) is 83.4 Å². The summed E-state index contributed by atoms with van der Waals surface area (Å²) in [5.74, 6) is -2.99.